The van der Waals surface area contributed by atoms with E-state index in [4.69, 9.17) is 11.6 Å². The number of amides is 2. The number of halogens is 1. The first-order valence-corrected chi connectivity index (χ1v) is 9.66. The van der Waals surface area contributed by atoms with Crippen molar-refractivity contribution in [1.29, 1.82) is 0 Å². The summed E-state index contributed by atoms with van der Waals surface area (Å²) in [6.07, 6.45) is 2.99. The molecule has 0 saturated carbocycles. The van der Waals surface area contributed by atoms with Crippen LogP contribution in [0.15, 0.2) is 48.0 Å². The van der Waals surface area contributed by atoms with Crippen molar-refractivity contribution in [3.8, 4) is 11.4 Å². The highest BCUT2D eigenvalue weighted by atomic mass is 35.5. The number of rotatable bonds is 4. The number of nitrogens with zero attached hydrogens (tertiary/aromatic N) is 3. The Hall–Kier alpha value is -2.77. The number of benzene rings is 1. The minimum Gasteiger partial charge on any atom is -0.311 e. The van der Waals surface area contributed by atoms with Gasteiger partial charge in [0.05, 0.1) is 16.4 Å². The average Bonchev–Trinajstić information content (AvgIpc) is 3.32. The minimum absolute atomic E-state index is 0.0226. The van der Waals surface area contributed by atoms with Crippen molar-refractivity contribution < 1.29 is 9.59 Å². The highest BCUT2D eigenvalue weighted by molar-refractivity contribution is 7.14. The summed E-state index contributed by atoms with van der Waals surface area (Å²) in [5.74, 6) is -0.282. The van der Waals surface area contributed by atoms with E-state index in [1.165, 1.54) is 11.3 Å². The molecule has 8 heteroatoms. The largest absolute Gasteiger partial charge is 0.311 e. The molecule has 6 nitrogen and oxygen atoms in total. The molecule has 27 heavy (non-hydrogen) atoms. The highest BCUT2D eigenvalue weighted by Gasteiger charge is 2.24. The summed E-state index contributed by atoms with van der Waals surface area (Å²) in [7, 11) is 0. The summed E-state index contributed by atoms with van der Waals surface area (Å²) in [5.41, 5.74) is 2.44. The summed E-state index contributed by atoms with van der Waals surface area (Å²) in [6, 6.07) is 10.5. The Morgan fingerprint density at radius 2 is 2.11 bits per heavy atom. The van der Waals surface area contributed by atoms with Crippen molar-refractivity contribution in [2.75, 3.05) is 16.8 Å². The van der Waals surface area contributed by atoms with Crippen LogP contribution in [0.2, 0.25) is 5.02 Å². The fourth-order valence-electron chi connectivity index (χ4n) is 2.90. The molecule has 0 bridgehead atoms. The Balaban J connectivity index is 1.54. The molecule has 1 saturated heterocycles. The van der Waals surface area contributed by atoms with Gasteiger partial charge in [0.15, 0.2) is 5.13 Å². The lowest BCUT2D eigenvalue weighted by Gasteiger charge is -2.18. The number of nitrogens with one attached hydrogen (secondary N) is 1. The zero-order chi connectivity index (χ0) is 18.8. The standard InChI is InChI=1S/C19H15ClN4O2S/c20-13-7-6-12(10-16(13)24-9-3-5-17(24)25)18(26)23-19-22-15(11-27-19)14-4-1-2-8-21-14/h1-2,4,6-8,10-11H,3,5,9H2,(H,22,23,26). The lowest BCUT2D eigenvalue weighted by atomic mass is 10.1. The fourth-order valence-corrected chi connectivity index (χ4v) is 3.81. The molecular formula is C19H15ClN4O2S. The van der Waals surface area contributed by atoms with E-state index >= 15 is 0 Å². The first kappa shape index (κ1) is 17.6. The van der Waals surface area contributed by atoms with E-state index < -0.39 is 0 Å². The van der Waals surface area contributed by atoms with E-state index in [2.05, 4.69) is 15.3 Å². The average molecular weight is 399 g/mol. The third-order valence-corrected chi connectivity index (χ3v) is 5.30. The first-order chi connectivity index (χ1) is 13.1. The Morgan fingerprint density at radius 1 is 1.22 bits per heavy atom. The van der Waals surface area contributed by atoms with Gasteiger partial charge in [-0.2, -0.15) is 0 Å². The van der Waals surface area contributed by atoms with Gasteiger partial charge in [-0.15, -0.1) is 11.3 Å². The van der Waals surface area contributed by atoms with E-state index in [0.717, 1.165) is 12.1 Å². The van der Waals surface area contributed by atoms with Gasteiger partial charge in [0.1, 0.15) is 5.69 Å². The zero-order valence-electron chi connectivity index (χ0n) is 14.2. The number of thiazole rings is 1. The SMILES string of the molecule is O=C(Nc1nc(-c2ccccn2)cs1)c1ccc(Cl)c(N2CCCC2=O)c1. The summed E-state index contributed by atoms with van der Waals surface area (Å²) < 4.78 is 0. The van der Waals surface area contributed by atoms with Crippen LogP contribution in [0.5, 0.6) is 0 Å². The van der Waals surface area contributed by atoms with E-state index in [9.17, 15) is 9.59 Å². The smallest absolute Gasteiger partial charge is 0.257 e. The van der Waals surface area contributed by atoms with Crippen molar-refractivity contribution >= 4 is 45.6 Å². The number of hydrogen-bond acceptors (Lipinski definition) is 5. The third kappa shape index (κ3) is 3.70. The van der Waals surface area contributed by atoms with Gasteiger partial charge in [-0.05, 0) is 36.8 Å². The Labute approximate surface area is 164 Å². The maximum atomic E-state index is 12.6. The van der Waals surface area contributed by atoms with Crippen LogP contribution >= 0.6 is 22.9 Å². The molecule has 1 N–H and O–H groups in total. The van der Waals surface area contributed by atoms with Crippen molar-refractivity contribution in [2.45, 2.75) is 12.8 Å². The van der Waals surface area contributed by atoms with Crippen LogP contribution in [-0.2, 0) is 4.79 Å². The van der Waals surface area contributed by atoms with E-state index in [-0.39, 0.29) is 11.8 Å². The van der Waals surface area contributed by atoms with Gasteiger partial charge in [-0.1, -0.05) is 17.7 Å². The lowest BCUT2D eigenvalue weighted by Crippen LogP contribution is -2.24. The van der Waals surface area contributed by atoms with Gasteiger partial charge in [0.25, 0.3) is 5.91 Å². The molecular weight excluding hydrogens is 384 g/mol. The summed E-state index contributed by atoms with van der Waals surface area (Å²) in [4.78, 5) is 34.9. The topological polar surface area (TPSA) is 75.2 Å². The molecule has 0 atom stereocenters. The summed E-state index contributed by atoms with van der Waals surface area (Å²) in [5, 5.41) is 5.57. The van der Waals surface area contributed by atoms with Crippen molar-refractivity contribution in [3.63, 3.8) is 0 Å². The molecule has 2 amide bonds. The van der Waals surface area contributed by atoms with E-state index in [0.29, 0.717) is 40.1 Å². The Bertz CT molecular complexity index is 1010. The molecule has 0 aliphatic carbocycles. The molecule has 0 unspecified atom stereocenters. The van der Waals surface area contributed by atoms with Crippen LogP contribution in [0.1, 0.15) is 23.2 Å². The van der Waals surface area contributed by atoms with Crippen molar-refractivity contribution in [3.05, 3.63) is 58.6 Å². The number of pyridine rings is 1. The molecule has 1 aliphatic heterocycles. The monoisotopic (exact) mass is 398 g/mol. The number of carbonyl (C=O) groups is 2. The molecule has 1 aliphatic rings. The van der Waals surface area contributed by atoms with Gasteiger partial charge < -0.3 is 4.90 Å². The molecule has 0 radical (unpaired) electrons. The molecule has 1 fully saturated rings. The second-order valence-corrected chi connectivity index (χ2v) is 7.29. The maximum absolute atomic E-state index is 12.6. The van der Waals surface area contributed by atoms with Crippen molar-refractivity contribution in [2.24, 2.45) is 0 Å². The third-order valence-electron chi connectivity index (χ3n) is 4.22. The quantitative estimate of drug-likeness (QED) is 0.713. The molecule has 3 heterocycles. The maximum Gasteiger partial charge on any atom is 0.257 e. The van der Waals surface area contributed by atoms with Gasteiger partial charge >= 0.3 is 0 Å². The highest BCUT2D eigenvalue weighted by Crippen LogP contribution is 2.31. The normalized spacial score (nSPS) is 13.8. The summed E-state index contributed by atoms with van der Waals surface area (Å²) in [6.45, 7) is 0.615. The second-order valence-electron chi connectivity index (χ2n) is 6.02. The van der Waals surface area contributed by atoms with Crippen LogP contribution in [0, 0.1) is 0 Å². The Kier molecular flexibility index (Phi) is 4.87. The second kappa shape index (κ2) is 7.46. The molecule has 1 aromatic carbocycles. The molecule has 0 spiro atoms. The van der Waals surface area contributed by atoms with Gasteiger partial charge in [0, 0.05) is 30.1 Å². The van der Waals surface area contributed by atoms with Gasteiger partial charge in [0.2, 0.25) is 5.91 Å². The molecule has 2 aromatic heterocycles. The lowest BCUT2D eigenvalue weighted by molar-refractivity contribution is -0.117. The van der Waals surface area contributed by atoms with Gasteiger partial charge in [-0.25, -0.2) is 4.98 Å². The zero-order valence-corrected chi connectivity index (χ0v) is 15.8. The van der Waals surface area contributed by atoms with Crippen molar-refractivity contribution in [1.82, 2.24) is 9.97 Å². The van der Waals surface area contributed by atoms with Crippen LogP contribution in [0.3, 0.4) is 0 Å². The van der Waals surface area contributed by atoms with Gasteiger partial charge in [-0.3, -0.25) is 19.9 Å². The number of carbonyl (C=O) groups excluding carboxylic acids is 2. The van der Waals surface area contributed by atoms with Crippen LogP contribution in [0.4, 0.5) is 10.8 Å². The fraction of sp³-hybridized carbons (Fsp3) is 0.158. The number of hydrogen-bond donors (Lipinski definition) is 1. The van der Waals surface area contributed by atoms with Crippen LogP contribution < -0.4 is 10.2 Å². The minimum atomic E-state index is -0.304. The Morgan fingerprint density at radius 3 is 2.85 bits per heavy atom. The molecule has 3 aromatic rings. The predicted octanol–water partition coefficient (Wildman–Crippen LogP) is 4.24. The van der Waals surface area contributed by atoms with Crippen LogP contribution in [0.25, 0.3) is 11.4 Å². The van der Waals surface area contributed by atoms with E-state index in [1.54, 1.807) is 29.3 Å². The van der Waals surface area contributed by atoms with Crippen LogP contribution in [-0.4, -0.2) is 28.3 Å². The first-order valence-electron chi connectivity index (χ1n) is 8.40. The predicted molar refractivity (Wildman–Crippen MR) is 106 cm³/mol. The summed E-state index contributed by atoms with van der Waals surface area (Å²) >= 11 is 7.56. The number of anilines is 2. The number of aromatic nitrogens is 2. The molecule has 4 rings (SSSR count). The molecule has 136 valence electrons. The van der Waals surface area contributed by atoms with E-state index in [1.807, 2.05) is 23.6 Å².